The maximum Gasteiger partial charge on any atom is 0.213 e. The lowest BCUT2D eigenvalue weighted by Gasteiger charge is -2.13. The number of carbonyl (C=O) groups is 1. The third kappa shape index (κ3) is 5.02. The van der Waals surface area contributed by atoms with Gasteiger partial charge in [-0.05, 0) is 54.8 Å². The fourth-order valence-corrected chi connectivity index (χ4v) is 5.08. The summed E-state index contributed by atoms with van der Waals surface area (Å²) in [5.41, 5.74) is 2.16. The first kappa shape index (κ1) is 23.6. The molecule has 4 aromatic rings. The first-order chi connectivity index (χ1) is 16.4. The molecule has 2 aromatic carbocycles. The molecule has 0 saturated carbocycles. The largest absolute Gasteiger partial charge is 0.492 e. The third-order valence-electron chi connectivity index (χ3n) is 5.54. The Labute approximate surface area is 198 Å². The molecule has 0 aliphatic carbocycles. The van der Waals surface area contributed by atoms with Crippen molar-refractivity contribution in [2.75, 3.05) is 6.61 Å². The molecule has 176 valence electrons. The first-order valence-electron chi connectivity index (χ1n) is 11.1. The number of fused-ring (bicyclic) bond motifs is 1. The first-order valence-corrected chi connectivity index (χ1v) is 12.6. The number of nitrogens with zero attached hydrogens (tertiary/aromatic N) is 2. The average Bonchev–Trinajstić information content (AvgIpc) is 3.31. The molecule has 4 rings (SSSR count). The highest BCUT2D eigenvalue weighted by molar-refractivity contribution is 7.91. The molecule has 0 atom stereocenters. The van der Waals surface area contributed by atoms with E-state index in [2.05, 4.69) is 4.98 Å². The van der Waals surface area contributed by atoms with Crippen molar-refractivity contribution in [2.24, 2.45) is 0 Å². The molecule has 34 heavy (non-hydrogen) atoms. The summed E-state index contributed by atoms with van der Waals surface area (Å²) in [4.78, 5) is 16.3. The normalized spacial score (nSPS) is 11.6. The van der Waals surface area contributed by atoms with E-state index in [4.69, 9.17) is 4.74 Å². The Morgan fingerprint density at radius 3 is 2.65 bits per heavy atom. The fraction of sp³-hybridized carbons (Fsp3) is 0.231. The van der Waals surface area contributed by atoms with Crippen molar-refractivity contribution in [3.8, 4) is 5.75 Å². The second kappa shape index (κ2) is 10.2. The molecule has 0 amide bonds. The molecular weight excluding hydrogens is 455 g/mol. The van der Waals surface area contributed by atoms with Gasteiger partial charge in [0.1, 0.15) is 22.1 Å². The standard InChI is InChI=1S/C26H25FN2O4S/c1-2-3-17-33-24-6-4-5-22(27)26(24)34(31,32)21-11-7-19(8-12-21)9-13-23(30)20-10-14-25-28-15-16-29(25)18-20/h4-8,10-12,14-16,18H,2-3,9,13,17H2,1H3. The topological polar surface area (TPSA) is 77.7 Å². The molecule has 8 heteroatoms. The lowest BCUT2D eigenvalue weighted by Crippen LogP contribution is -2.09. The van der Waals surface area contributed by atoms with Gasteiger partial charge in [0.25, 0.3) is 0 Å². The van der Waals surface area contributed by atoms with E-state index in [9.17, 15) is 17.6 Å². The molecular formula is C26H25FN2O4S. The second-order valence-corrected chi connectivity index (χ2v) is 9.84. The zero-order valence-electron chi connectivity index (χ0n) is 18.8. The molecule has 0 radical (unpaired) electrons. The smallest absolute Gasteiger partial charge is 0.213 e. The van der Waals surface area contributed by atoms with E-state index in [0.717, 1.165) is 30.1 Å². The summed E-state index contributed by atoms with van der Waals surface area (Å²) in [5.74, 6) is -0.857. The maximum atomic E-state index is 14.6. The number of hydrogen-bond donors (Lipinski definition) is 0. The Hall–Kier alpha value is -3.52. The Balaban J connectivity index is 1.48. The number of aromatic nitrogens is 2. The van der Waals surface area contributed by atoms with Gasteiger partial charge in [0.15, 0.2) is 5.78 Å². The van der Waals surface area contributed by atoms with Crippen LogP contribution in [0.15, 0.2) is 83.0 Å². The molecule has 0 bridgehead atoms. The monoisotopic (exact) mass is 480 g/mol. The van der Waals surface area contributed by atoms with Crippen molar-refractivity contribution < 1.29 is 22.3 Å². The highest BCUT2D eigenvalue weighted by atomic mass is 32.2. The number of imidazole rings is 1. The Morgan fingerprint density at radius 1 is 1.09 bits per heavy atom. The highest BCUT2D eigenvalue weighted by Crippen LogP contribution is 2.32. The van der Waals surface area contributed by atoms with Crippen LogP contribution in [0.5, 0.6) is 5.75 Å². The summed E-state index contributed by atoms with van der Waals surface area (Å²) >= 11 is 0. The van der Waals surface area contributed by atoms with E-state index in [1.807, 2.05) is 6.92 Å². The zero-order valence-corrected chi connectivity index (χ0v) is 19.6. The summed E-state index contributed by atoms with van der Waals surface area (Å²) in [5, 5.41) is 0. The molecule has 0 fully saturated rings. The van der Waals surface area contributed by atoms with Crippen LogP contribution in [0.4, 0.5) is 4.39 Å². The molecule has 0 unspecified atom stereocenters. The van der Waals surface area contributed by atoms with Gasteiger partial charge in [-0.15, -0.1) is 0 Å². The van der Waals surface area contributed by atoms with Crippen molar-refractivity contribution in [3.63, 3.8) is 0 Å². The Kier molecular flexibility index (Phi) is 7.07. The van der Waals surface area contributed by atoms with E-state index in [-0.39, 0.29) is 22.8 Å². The lowest BCUT2D eigenvalue weighted by molar-refractivity contribution is 0.0982. The van der Waals surface area contributed by atoms with Gasteiger partial charge in [-0.2, -0.15) is 0 Å². The quantitative estimate of drug-likeness (QED) is 0.227. The summed E-state index contributed by atoms with van der Waals surface area (Å²) in [7, 11) is -4.12. The Morgan fingerprint density at radius 2 is 1.88 bits per heavy atom. The highest BCUT2D eigenvalue weighted by Gasteiger charge is 2.26. The van der Waals surface area contributed by atoms with Gasteiger partial charge in [0, 0.05) is 30.6 Å². The van der Waals surface area contributed by atoms with Crippen LogP contribution >= 0.6 is 0 Å². The minimum Gasteiger partial charge on any atom is -0.492 e. The predicted octanol–water partition coefficient (Wildman–Crippen LogP) is 5.30. The fourth-order valence-electron chi connectivity index (χ4n) is 3.63. The summed E-state index contributed by atoms with van der Waals surface area (Å²) in [6.45, 7) is 2.29. The number of sulfone groups is 1. The number of unbranched alkanes of at least 4 members (excludes halogenated alkanes) is 1. The number of halogens is 1. The van der Waals surface area contributed by atoms with Gasteiger partial charge in [-0.3, -0.25) is 4.79 Å². The van der Waals surface area contributed by atoms with Crippen LogP contribution in [-0.2, 0) is 16.3 Å². The van der Waals surface area contributed by atoms with Gasteiger partial charge in [0.2, 0.25) is 9.84 Å². The molecule has 2 aromatic heterocycles. The zero-order chi connectivity index (χ0) is 24.1. The van der Waals surface area contributed by atoms with Crippen LogP contribution in [0, 0.1) is 5.82 Å². The predicted molar refractivity (Wildman–Crippen MR) is 127 cm³/mol. The van der Waals surface area contributed by atoms with E-state index in [1.165, 1.54) is 24.3 Å². The van der Waals surface area contributed by atoms with Crippen LogP contribution in [0.3, 0.4) is 0 Å². The number of hydrogen-bond acceptors (Lipinski definition) is 5. The Bertz CT molecular complexity index is 1410. The number of aryl methyl sites for hydroxylation is 1. The molecule has 0 aliphatic heterocycles. The van der Waals surface area contributed by atoms with Crippen molar-refractivity contribution in [1.82, 2.24) is 9.38 Å². The minimum absolute atomic E-state index is 0.0120. The van der Waals surface area contributed by atoms with E-state index in [0.29, 0.717) is 18.6 Å². The maximum absolute atomic E-state index is 14.6. The van der Waals surface area contributed by atoms with Gasteiger partial charge >= 0.3 is 0 Å². The average molecular weight is 481 g/mol. The van der Waals surface area contributed by atoms with Crippen LogP contribution in [0.1, 0.15) is 42.1 Å². The van der Waals surface area contributed by atoms with Gasteiger partial charge in [-0.25, -0.2) is 17.8 Å². The van der Waals surface area contributed by atoms with Crippen LogP contribution in [0.2, 0.25) is 0 Å². The van der Waals surface area contributed by atoms with Crippen LogP contribution < -0.4 is 4.74 Å². The van der Waals surface area contributed by atoms with Crippen LogP contribution in [-0.4, -0.2) is 30.2 Å². The molecule has 0 saturated heterocycles. The summed E-state index contributed by atoms with van der Waals surface area (Å²) in [6, 6.07) is 13.7. The van der Waals surface area contributed by atoms with Gasteiger partial charge in [0.05, 0.1) is 11.5 Å². The van der Waals surface area contributed by atoms with Crippen molar-refractivity contribution >= 4 is 21.3 Å². The number of rotatable bonds is 10. The molecule has 6 nitrogen and oxygen atoms in total. The number of Topliss-reactive ketones (excluding diaryl/α,β-unsaturated/α-hetero) is 1. The molecule has 0 N–H and O–H groups in total. The van der Waals surface area contributed by atoms with E-state index >= 15 is 0 Å². The van der Waals surface area contributed by atoms with Crippen LogP contribution in [0.25, 0.3) is 5.65 Å². The lowest BCUT2D eigenvalue weighted by atomic mass is 10.0. The summed E-state index contributed by atoms with van der Waals surface area (Å²) in [6.07, 6.45) is 7.52. The van der Waals surface area contributed by atoms with Gasteiger partial charge < -0.3 is 9.14 Å². The van der Waals surface area contributed by atoms with E-state index in [1.54, 1.807) is 47.3 Å². The molecule has 0 aliphatic rings. The molecule has 0 spiro atoms. The summed E-state index contributed by atoms with van der Waals surface area (Å²) < 4.78 is 48.3. The number of ketones is 1. The number of carbonyl (C=O) groups excluding carboxylic acids is 1. The van der Waals surface area contributed by atoms with Crippen molar-refractivity contribution in [1.29, 1.82) is 0 Å². The van der Waals surface area contributed by atoms with Crippen molar-refractivity contribution in [2.45, 2.75) is 42.4 Å². The molecule has 2 heterocycles. The van der Waals surface area contributed by atoms with Gasteiger partial charge in [-0.1, -0.05) is 31.5 Å². The number of pyridine rings is 1. The number of benzene rings is 2. The minimum atomic E-state index is -4.12. The SMILES string of the molecule is CCCCOc1cccc(F)c1S(=O)(=O)c1ccc(CCC(=O)c2ccc3nccn3c2)cc1. The third-order valence-corrected chi connectivity index (χ3v) is 7.37. The van der Waals surface area contributed by atoms with Crippen molar-refractivity contribution in [3.05, 3.63) is 90.1 Å². The second-order valence-electron chi connectivity index (χ2n) is 7.95. The van der Waals surface area contributed by atoms with E-state index < -0.39 is 20.5 Å². The number of ether oxygens (including phenoxy) is 1.